The zero-order valence-electron chi connectivity index (χ0n) is 25.0. The lowest BCUT2D eigenvalue weighted by Gasteiger charge is -2.40. The molecule has 5 heterocycles. The van der Waals surface area contributed by atoms with Gasteiger partial charge in [0.1, 0.15) is 11.2 Å². The second kappa shape index (κ2) is 11.2. The first-order valence-electron chi connectivity index (χ1n) is 15.0. The Balaban J connectivity index is 1.40. The van der Waals surface area contributed by atoms with E-state index in [0.29, 0.717) is 65.2 Å². The van der Waals surface area contributed by atoms with E-state index in [0.717, 1.165) is 38.9 Å². The number of likely N-dealkylation sites (tertiary alicyclic amines) is 1. The van der Waals surface area contributed by atoms with Gasteiger partial charge in [0.2, 0.25) is 0 Å². The van der Waals surface area contributed by atoms with Crippen molar-refractivity contribution in [2.45, 2.75) is 71.2 Å². The second-order valence-electron chi connectivity index (χ2n) is 12.7. The maximum Gasteiger partial charge on any atom is 0.410 e. The summed E-state index contributed by atoms with van der Waals surface area (Å²) in [5.41, 5.74) is 6.60. The van der Waals surface area contributed by atoms with Crippen LogP contribution in [0.15, 0.2) is 30.6 Å². The highest BCUT2D eigenvalue weighted by Gasteiger charge is 2.36. The van der Waals surface area contributed by atoms with Gasteiger partial charge in [0.05, 0.1) is 25.4 Å². The van der Waals surface area contributed by atoms with Crippen LogP contribution < -0.4 is 0 Å². The Morgan fingerprint density at radius 2 is 1.86 bits per heavy atom. The number of nitrogens with one attached hydrogen (secondary N) is 1. The van der Waals surface area contributed by atoms with Gasteiger partial charge in [0, 0.05) is 56.1 Å². The van der Waals surface area contributed by atoms with Crippen LogP contribution in [0.2, 0.25) is 0 Å². The molecule has 10 nitrogen and oxygen atoms in total. The Bertz CT molecular complexity index is 1490. The van der Waals surface area contributed by atoms with Crippen molar-refractivity contribution in [1.82, 2.24) is 24.7 Å². The number of pyridine rings is 1. The van der Waals surface area contributed by atoms with E-state index in [1.165, 1.54) is 5.56 Å². The Hall–Kier alpha value is -3.63. The lowest BCUT2D eigenvalue weighted by atomic mass is 9.87. The van der Waals surface area contributed by atoms with Gasteiger partial charge in [-0.05, 0) is 86.9 Å². The van der Waals surface area contributed by atoms with E-state index in [4.69, 9.17) is 9.47 Å². The van der Waals surface area contributed by atoms with Crippen molar-refractivity contribution in [2.24, 2.45) is 0 Å². The van der Waals surface area contributed by atoms with Crippen LogP contribution in [0.1, 0.15) is 61.9 Å². The van der Waals surface area contributed by atoms with Crippen molar-refractivity contribution < 1.29 is 24.2 Å². The average Bonchev–Trinajstić information content (AvgIpc) is 3.35. The zero-order valence-corrected chi connectivity index (χ0v) is 25.0. The molecular formula is C32H41N5O5. The molecule has 0 spiro atoms. The number of H-pyrrole nitrogens is 1. The molecule has 6 rings (SSSR count). The minimum Gasteiger partial charge on any atom is -0.444 e. The van der Waals surface area contributed by atoms with Gasteiger partial charge in [-0.15, -0.1) is 0 Å². The predicted molar refractivity (Wildman–Crippen MR) is 159 cm³/mol. The SMILES string of the molecule is Cc1c[nH]c2ncc(-c3cc4c(c(C5COCCN5C(=O)OC(C)(C)C)c3)CN(C(=O)N3CCC(O)CC3)CC4)cc12. The highest BCUT2D eigenvalue weighted by molar-refractivity contribution is 5.85. The summed E-state index contributed by atoms with van der Waals surface area (Å²) in [7, 11) is 0. The Kier molecular flexibility index (Phi) is 7.61. The van der Waals surface area contributed by atoms with Crippen molar-refractivity contribution >= 4 is 23.2 Å². The number of nitrogens with zero attached hydrogens (tertiary/aromatic N) is 4. The van der Waals surface area contributed by atoms with Crippen LogP contribution in [-0.4, -0.2) is 93.0 Å². The van der Waals surface area contributed by atoms with Crippen molar-refractivity contribution in [3.8, 4) is 11.1 Å². The fraction of sp³-hybridized carbons (Fsp3) is 0.531. The quantitative estimate of drug-likeness (QED) is 0.455. The van der Waals surface area contributed by atoms with Gasteiger partial charge in [-0.25, -0.2) is 14.6 Å². The number of amides is 3. The molecule has 3 amide bonds. The van der Waals surface area contributed by atoms with Crippen LogP contribution in [0, 0.1) is 6.92 Å². The van der Waals surface area contributed by atoms with Gasteiger partial charge >= 0.3 is 12.1 Å². The molecule has 1 atom stereocenters. The molecule has 1 aromatic carbocycles. The molecule has 2 fully saturated rings. The van der Waals surface area contributed by atoms with E-state index in [1.807, 2.05) is 43.0 Å². The Morgan fingerprint density at radius 1 is 1.07 bits per heavy atom. The van der Waals surface area contributed by atoms with Crippen molar-refractivity contribution in [3.63, 3.8) is 0 Å². The molecule has 0 aliphatic carbocycles. The Morgan fingerprint density at radius 3 is 2.62 bits per heavy atom. The van der Waals surface area contributed by atoms with Crippen molar-refractivity contribution in [1.29, 1.82) is 0 Å². The van der Waals surface area contributed by atoms with E-state index in [9.17, 15) is 14.7 Å². The monoisotopic (exact) mass is 575 g/mol. The number of hydrogen-bond donors (Lipinski definition) is 2. The number of rotatable bonds is 2. The second-order valence-corrected chi connectivity index (χ2v) is 12.7. The lowest BCUT2D eigenvalue weighted by Crippen LogP contribution is -2.49. The van der Waals surface area contributed by atoms with E-state index in [2.05, 4.69) is 35.1 Å². The number of carbonyl (C=O) groups is 2. The zero-order chi connectivity index (χ0) is 29.6. The summed E-state index contributed by atoms with van der Waals surface area (Å²) in [6.45, 7) is 11.1. The molecule has 2 N–H and O–H groups in total. The van der Waals surface area contributed by atoms with Crippen LogP contribution in [0.25, 0.3) is 22.2 Å². The van der Waals surface area contributed by atoms with Gasteiger partial charge < -0.3 is 29.4 Å². The summed E-state index contributed by atoms with van der Waals surface area (Å²) < 4.78 is 11.8. The number of fused-ring (bicyclic) bond motifs is 2. The molecule has 2 aromatic heterocycles. The standard InChI is InChI=1S/C32H41N5O5/c1-20-16-33-29-25(20)15-23(17-34-29)22-13-21-5-8-36(30(39)35-9-6-24(38)7-10-35)18-27(21)26(14-22)28-19-41-12-11-37(28)31(40)42-32(2,3)4/h13-17,24,28,38H,5-12,18-19H2,1-4H3,(H,33,34). The largest absolute Gasteiger partial charge is 0.444 e. The number of ether oxygens (including phenoxy) is 2. The molecule has 42 heavy (non-hydrogen) atoms. The molecule has 1 unspecified atom stereocenters. The first kappa shape index (κ1) is 28.5. The average molecular weight is 576 g/mol. The minimum atomic E-state index is -0.623. The highest BCUT2D eigenvalue weighted by Crippen LogP contribution is 2.37. The number of aliphatic hydroxyl groups is 1. The van der Waals surface area contributed by atoms with Crippen molar-refractivity contribution in [2.75, 3.05) is 39.4 Å². The number of morpholine rings is 1. The van der Waals surface area contributed by atoms with Crippen LogP contribution in [0.3, 0.4) is 0 Å². The van der Waals surface area contributed by atoms with Gasteiger partial charge in [-0.2, -0.15) is 0 Å². The summed E-state index contributed by atoms with van der Waals surface area (Å²) in [6.07, 6.45) is 5.06. The maximum absolute atomic E-state index is 13.6. The van der Waals surface area contributed by atoms with Crippen LogP contribution in [0.4, 0.5) is 9.59 Å². The molecule has 0 bridgehead atoms. The van der Waals surface area contributed by atoms with Gasteiger partial charge in [0.25, 0.3) is 0 Å². The van der Waals surface area contributed by atoms with Crippen LogP contribution in [-0.2, 0) is 22.4 Å². The fourth-order valence-electron chi connectivity index (χ4n) is 6.28. The smallest absolute Gasteiger partial charge is 0.410 e. The molecule has 3 aromatic rings. The van der Waals surface area contributed by atoms with E-state index in [1.54, 1.807) is 4.90 Å². The molecule has 0 radical (unpaired) electrons. The molecule has 0 saturated carbocycles. The number of carbonyl (C=O) groups excluding carboxylic acids is 2. The van der Waals surface area contributed by atoms with Crippen molar-refractivity contribution in [3.05, 3.63) is 52.8 Å². The number of aromatic nitrogens is 2. The van der Waals surface area contributed by atoms with E-state index >= 15 is 0 Å². The molecular weight excluding hydrogens is 534 g/mol. The number of piperidine rings is 1. The highest BCUT2D eigenvalue weighted by atomic mass is 16.6. The Labute approximate surface area is 246 Å². The number of aliphatic hydroxyl groups excluding tert-OH is 1. The first-order chi connectivity index (χ1) is 20.1. The topological polar surface area (TPSA) is 111 Å². The van der Waals surface area contributed by atoms with Crippen LogP contribution in [0.5, 0.6) is 0 Å². The third-order valence-electron chi connectivity index (χ3n) is 8.57. The minimum absolute atomic E-state index is 0.00375. The van der Waals surface area contributed by atoms with E-state index < -0.39 is 5.60 Å². The summed E-state index contributed by atoms with van der Waals surface area (Å²) >= 11 is 0. The first-order valence-corrected chi connectivity index (χ1v) is 15.0. The third kappa shape index (κ3) is 5.70. The lowest BCUT2D eigenvalue weighted by molar-refractivity contribution is -0.0334. The molecule has 224 valence electrons. The number of hydrogen-bond acceptors (Lipinski definition) is 6. The summed E-state index contributed by atoms with van der Waals surface area (Å²) in [5.74, 6) is 0. The van der Waals surface area contributed by atoms with Crippen LogP contribution >= 0.6 is 0 Å². The summed E-state index contributed by atoms with van der Waals surface area (Å²) in [5, 5.41) is 11.0. The molecule has 2 saturated heterocycles. The molecule has 3 aliphatic heterocycles. The fourth-order valence-corrected chi connectivity index (χ4v) is 6.28. The van der Waals surface area contributed by atoms with Gasteiger partial charge in [0.15, 0.2) is 0 Å². The predicted octanol–water partition coefficient (Wildman–Crippen LogP) is 4.78. The number of aryl methyl sites for hydroxylation is 1. The van der Waals surface area contributed by atoms with Gasteiger partial charge in [-0.3, -0.25) is 4.90 Å². The summed E-state index contributed by atoms with van der Waals surface area (Å²) in [6, 6.07) is 6.17. The number of benzene rings is 1. The molecule has 10 heteroatoms. The molecule has 3 aliphatic rings. The van der Waals surface area contributed by atoms with Gasteiger partial charge in [-0.1, -0.05) is 6.07 Å². The summed E-state index contributed by atoms with van der Waals surface area (Å²) in [4.78, 5) is 40.4. The number of aromatic amines is 1. The maximum atomic E-state index is 13.6. The number of urea groups is 1. The normalized spacial score (nSPS) is 20.1. The van der Waals surface area contributed by atoms with E-state index in [-0.39, 0.29) is 24.3 Å². The third-order valence-corrected chi connectivity index (χ3v) is 8.57.